The molecule has 1 saturated heterocycles. The third-order valence-electron chi connectivity index (χ3n) is 5.24. The fraction of sp³-hybridized carbons (Fsp3) is 0.571. The Balaban J connectivity index is 1.84. The lowest BCUT2D eigenvalue weighted by atomic mass is 9.96. The molecule has 3 rings (SSSR count). The third kappa shape index (κ3) is 4.45. The molecule has 9 heteroatoms. The lowest BCUT2D eigenvalue weighted by Crippen LogP contribution is -2.42. The molecule has 2 N–H and O–H groups in total. The standard InChI is InChI=1S/C21H28N2O6S/c1-5-13-10-14-17(30-13)15(19(26)27)16(24)18(25)23(14)11-12-6-8-22(9-7-12)20(28)29-21(2,3)4/h10,12,24H,5-9,11H2,1-4H3,(H,26,27). The van der Waals surface area contributed by atoms with Gasteiger partial charge >= 0.3 is 12.1 Å². The molecule has 8 nitrogen and oxygen atoms in total. The van der Waals surface area contributed by atoms with Crippen molar-refractivity contribution in [2.24, 2.45) is 5.92 Å². The van der Waals surface area contributed by atoms with E-state index in [0.29, 0.717) is 49.1 Å². The van der Waals surface area contributed by atoms with Gasteiger partial charge < -0.3 is 24.4 Å². The van der Waals surface area contributed by atoms with E-state index in [1.54, 1.807) is 4.90 Å². The van der Waals surface area contributed by atoms with Gasteiger partial charge in [-0.3, -0.25) is 4.79 Å². The molecule has 30 heavy (non-hydrogen) atoms. The first-order valence-electron chi connectivity index (χ1n) is 10.1. The summed E-state index contributed by atoms with van der Waals surface area (Å²) < 4.78 is 7.32. The number of amides is 1. The van der Waals surface area contributed by atoms with Crippen LogP contribution in [0.2, 0.25) is 0 Å². The van der Waals surface area contributed by atoms with Crippen molar-refractivity contribution in [3.8, 4) is 5.75 Å². The van der Waals surface area contributed by atoms with Crippen LogP contribution >= 0.6 is 11.3 Å². The summed E-state index contributed by atoms with van der Waals surface area (Å²) in [6.07, 6.45) is 1.76. The van der Waals surface area contributed by atoms with Crippen LogP contribution in [0.4, 0.5) is 4.79 Å². The Morgan fingerprint density at radius 3 is 2.43 bits per heavy atom. The summed E-state index contributed by atoms with van der Waals surface area (Å²) in [4.78, 5) is 39.3. The van der Waals surface area contributed by atoms with Gasteiger partial charge in [0.25, 0.3) is 5.56 Å². The normalized spacial score (nSPS) is 15.5. The number of aromatic hydroxyl groups is 1. The topological polar surface area (TPSA) is 109 Å². The number of nitrogens with zero attached hydrogens (tertiary/aromatic N) is 2. The Hall–Kier alpha value is -2.55. The number of pyridine rings is 1. The molecule has 3 heterocycles. The molecule has 0 spiro atoms. The van der Waals surface area contributed by atoms with Crippen molar-refractivity contribution >= 4 is 33.6 Å². The molecule has 0 bridgehead atoms. The number of hydrogen-bond donors (Lipinski definition) is 2. The van der Waals surface area contributed by atoms with Gasteiger partial charge in [0.15, 0.2) is 5.75 Å². The summed E-state index contributed by atoms with van der Waals surface area (Å²) in [6.45, 7) is 8.86. The Bertz CT molecular complexity index is 1020. The lowest BCUT2D eigenvalue weighted by molar-refractivity contribution is 0.0178. The number of piperidine rings is 1. The molecule has 0 radical (unpaired) electrons. The molecule has 1 amide bonds. The first kappa shape index (κ1) is 22.1. The fourth-order valence-corrected chi connectivity index (χ4v) is 4.84. The average Bonchev–Trinajstić information content (AvgIpc) is 3.08. The molecule has 1 fully saturated rings. The molecule has 0 atom stereocenters. The first-order chi connectivity index (χ1) is 14.0. The number of hydrogen-bond acceptors (Lipinski definition) is 6. The Kier molecular flexibility index (Phi) is 6.12. The number of fused-ring (bicyclic) bond motifs is 1. The van der Waals surface area contributed by atoms with E-state index in [2.05, 4.69) is 0 Å². The number of carbonyl (C=O) groups excluding carboxylic acids is 1. The molecule has 1 aliphatic heterocycles. The van der Waals surface area contributed by atoms with Crippen molar-refractivity contribution in [1.29, 1.82) is 0 Å². The zero-order chi connectivity index (χ0) is 22.2. The molecule has 0 unspecified atom stereocenters. The van der Waals surface area contributed by atoms with Crippen LogP contribution in [0, 0.1) is 5.92 Å². The monoisotopic (exact) mass is 436 g/mol. The maximum absolute atomic E-state index is 12.8. The Labute approximate surface area is 178 Å². The smallest absolute Gasteiger partial charge is 0.410 e. The van der Waals surface area contributed by atoms with Gasteiger partial charge in [-0.25, -0.2) is 9.59 Å². The number of carboxylic acid groups (broad SMARTS) is 1. The summed E-state index contributed by atoms with van der Waals surface area (Å²) in [6, 6.07) is 1.84. The second kappa shape index (κ2) is 8.29. The van der Waals surface area contributed by atoms with Gasteiger partial charge in [0.05, 0.1) is 10.2 Å². The van der Waals surface area contributed by atoms with Crippen LogP contribution in [0.15, 0.2) is 10.9 Å². The molecule has 0 saturated carbocycles. The van der Waals surface area contributed by atoms with Crippen LogP contribution < -0.4 is 5.56 Å². The van der Waals surface area contributed by atoms with Crippen LogP contribution in [0.1, 0.15) is 55.8 Å². The van der Waals surface area contributed by atoms with E-state index < -0.39 is 22.9 Å². The maximum atomic E-state index is 12.8. The van der Waals surface area contributed by atoms with Gasteiger partial charge in [-0.2, -0.15) is 0 Å². The maximum Gasteiger partial charge on any atom is 0.410 e. The first-order valence-corrected chi connectivity index (χ1v) is 10.9. The summed E-state index contributed by atoms with van der Waals surface area (Å²) >= 11 is 1.29. The number of aromatic nitrogens is 1. The van der Waals surface area contributed by atoms with Crippen molar-refractivity contribution in [3.05, 3.63) is 26.9 Å². The van der Waals surface area contributed by atoms with E-state index in [0.717, 1.165) is 4.88 Å². The highest BCUT2D eigenvalue weighted by molar-refractivity contribution is 7.19. The minimum absolute atomic E-state index is 0.129. The van der Waals surface area contributed by atoms with Crippen LogP contribution in [0.5, 0.6) is 5.75 Å². The van der Waals surface area contributed by atoms with Gasteiger partial charge in [0.1, 0.15) is 11.2 Å². The predicted molar refractivity (Wildman–Crippen MR) is 115 cm³/mol. The largest absolute Gasteiger partial charge is 0.502 e. The minimum atomic E-state index is -1.31. The van der Waals surface area contributed by atoms with Crippen molar-refractivity contribution < 1.29 is 24.5 Å². The van der Waals surface area contributed by atoms with E-state index in [4.69, 9.17) is 4.74 Å². The Morgan fingerprint density at radius 1 is 1.27 bits per heavy atom. The highest BCUT2D eigenvalue weighted by atomic mass is 32.1. The second-order valence-electron chi connectivity index (χ2n) is 8.64. The van der Waals surface area contributed by atoms with Crippen molar-refractivity contribution in [2.75, 3.05) is 13.1 Å². The van der Waals surface area contributed by atoms with Crippen molar-refractivity contribution in [3.63, 3.8) is 0 Å². The average molecular weight is 437 g/mol. The highest BCUT2D eigenvalue weighted by Crippen LogP contribution is 2.33. The van der Waals surface area contributed by atoms with E-state index in [1.807, 2.05) is 33.8 Å². The number of ether oxygens (including phenoxy) is 1. The van der Waals surface area contributed by atoms with Crippen LogP contribution in [0.25, 0.3) is 10.2 Å². The molecule has 0 aliphatic carbocycles. The fourth-order valence-electron chi connectivity index (χ4n) is 3.70. The quantitative estimate of drug-likeness (QED) is 0.757. The predicted octanol–water partition coefficient (Wildman–Crippen LogP) is 3.68. The third-order valence-corrected chi connectivity index (χ3v) is 6.52. The van der Waals surface area contributed by atoms with Crippen LogP contribution in [0.3, 0.4) is 0 Å². The summed E-state index contributed by atoms with van der Waals surface area (Å²) in [5.74, 6) is -1.90. The molecule has 164 valence electrons. The summed E-state index contributed by atoms with van der Waals surface area (Å²) in [7, 11) is 0. The SMILES string of the molecule is CCc1cc2c(s1)c(C(=O)O)c(O)c(=O)n2CC1CCN(C(=O)OC(C)(C)C)CC1. The van der Waals surface area contributed by atoms with Gasteiger partial charge in [-0.15, -0.1) is 11.3 Å². The number of rotatable bonds is 4. The summed E-state index contributed by atoms with van der Waals surface area (Å²) in [5.41, 5.74) is -1.01. The lowest BCUT2D eigenvalue weighted by Gasteiger charge is -2.33. The van der Waals surface area contributed by atoms with Crippen molar-refractivity contribution in [1.82, 2.24) is 9.47 Å². The van der Waals surface area contributed by atoms with Crippen LogP contribution in [-0.2, 0) is 17.7 Å². The number of carbonyl (C=O) groups is 2. The number of thiophene rings is 1. The minimum Gasteiger partial charge on any atom is -0.502 e. The number of carboxylic acids is 1. The highest BCUT2D eigenvalue weighted by Gasteiger charge is 2.29. The Morgan fingerprint density at radius 2 is 1.90 bits per heavy atom. The van der Waals surface area contributed by atoms with Gasteiger partial charge in [-0.1, -0.05) is 6.92 Å². The van der Waals surface area contributed by atoms with Crippen LogP contribution in [-0.4, -0.2) is 50.4 Å². The van der Waals surface area contributed by atoms with Gasteiger partial charge in [-0.05, 0) is 52.0 Å². The van der Waals surface area contributed by atoms with E-state index in [1.165, 1.54) is 15.9 Å². The molecule has 0 aromatic carbocycles. The van der Waals surface area contributed by atoms with E-state index in [9.17, 15) is 24.6 Å². The molecule has 2 aromatic rings. The zero-order valence-electron chi connectivity index (χ0n) is 17.7. The molecule has 2 aromatic heterocycles. The number of aromatic carboxylic acids is 1. The molecular formula is C21H28N2O6S. The zero-order valence-corrected chi connectivity index (χ0v) is 18.5. The van der Waals surface area contributed by atoms with E-state index >= 15 is 0 Å². The van der Waals surface area contributed by atoms with Gasteiger partial charge in [0.2, 0.25) is 0 Å². The number of likely N-dealkylation sites (tertiary alicyclic amines) is 1. The molecular weight excluding hydrogens is 408 g/mol. The van der Waals surface area contributed by atoms with Gasteiger partial charge in [0, 0.05) is 24.5 Å². The van der Waals surface area contributed by atoms with Crippen molar-refractivity contribution in [2.45, 2.75) is 59.1 Å². The summed E-state index contributed by atoms with van der Waals surface area (Å²) in [5, 5.41) is 19.8. The van der Waals surface area contributed by atoms with E-state index in [-0.39, 0.29) is 17.6 Å². The molecule has 1 aliphatic rings. The second-order valence-corrected chi connectivity index (χ2v) is 9.77. The number of aryl methyl sites for hydroxylation is 1.